The largest absolute Gasteiger partial charge is 0.375 e. The van der Waals surface area contributed by atoms with Gasteiger partial charge >= 0.3 is 11.8 Å². The Morgan fingerprint density at radius 1 is 1.10 bits per heavy atom. The maximum absolute atomic E-state index is 11.7. The molecule has 5 nitrogen and oxygen atoms in total. The molecular formula is C16H24N2O3. The summed E-state index contributed by atoms with van der Waals surface area (Å²) in [5.41, 5.74) is 2.09. The smallest absolute Gasteiger partial charge is 0.309 e. The van der Waals surface area contributed by atoms with Crippen molar-refractivity contribution >= 4 is 11.8 Å². The van der Waals surface area contributed by atoms with Crippen LogP contribution in [0.15, 0.2) is 24.3 Å². The van der Waals surface area contributed by atoms with Crippen molar-refractivity contribution in [1.82, 2.24) is 10.6 Å². The summed E-state index contributed by atoms with van der Waals surface area (Å²) in [6, 6.07) is 7.81. The SMILES string of the molecule is CO[C@@H](CNC(=O)C(=O)NCC(C)C)c1ccccc1C. The number of rotatable bonds is 6. The average Bonchev–Trinajstić information content (AvgIpc) is 2.46. The van der Waals surface area contributed by atoms with Crippen molar-refractivity contribution in [1.29, 1.82) is 0 Å². The number of methoxy groups -OCH3 is 1. The number of carbonyl (C=O) groups excluding carboxylic acids is 2. The Kier molecular flexibility index (Phi) is 6.88. The van der Waals surface area contributed by atoms with Crippen molar-refractivity contribution in [2.75, 3.05) is 20.2 Å². The summed E-state index contributed by atoms with van der Waals surface area (Å²) in [7, 11) is 1.59. The lowest BCUT2D eigenvalue weighted by Crippen LogP contribution is -2.42. The van der Waals surface area contributed by atoms with Crippen LogP contribution < -0.4 is 10.6 Å². The van der Waals surface area contributed by atoms with Crippen LogP contribution in [0.3, 0.4) is 0 Å². The van der Waals surface area contributed by atoms with Gasteiger partial charge in [-0.15, -0.1) is 0 Å². The minimum Gasteiger partial charge on any atom is -0.375 e. The summed E-state index contributed by atoms with van der Waals surface area (Å²) in [6.07, 6.45) is -0.270. The second-order valence-electron chi connectivity index (χ2n) is 5.39. The van der Waals surface area contributed by atoms with E-state index in [1.165, 1.54) is 0 Å². The predicted octanol–water partition coefficient (Wildman–Crippen LogP) is 1.57. The highest BCUT2D eigenvalue weighted by Gasteiger charge is 2.17. The van der Waals surface area contributed by atoms with Gasteiger partial charge in [-0.25, -0.2) is 0 Å². The first-order valence-electron chi connectivity index (χ1n) is 7.10. The van der Waals surface area contributed by atoms with E-state index in [4.69, 9.17) is 4.74 Å². The Morgan fingerprint density at radius 3 is 2.19 bits per heavy atom. The van der Waals surface area contributed by atoms with Crippen LogP contribution in [-0.2, 0) is 14.3 Å². The second-order valence-corrected chi connectivity index (χ2v) is 5.39. The summed E-state index contributed by atoms with van der Waals surface area (Å²) in [5, 5.41) is 5.19. The van der Waals surface area contributed by atoms with Gasteiger partial charge in [-0.1, -0.05) is 38.1 Å². The molecule has 1 aromatic rings. The highest BCUT2D eigenvalue weighted by Crippen LogP contribution is 2.19. The van der Waals surface area contributed by atoms with Gasteiger partial charge in [0, 0.05) is 20.2 Å². The molecule has 0 aliphatic carbocycles. The molecule has 1 rings (SSSR count). The molecule has 0 unspecified atom stereocenters. The molecule has 0 fully saturated rings. The fourth-order valence-electron chi connectivity index (χ4n) is 1.91. The fourth-order valence-corrected chi connectivity index (χ4v) is 1.91. The van der Waals surface area contributed by atoms with Crippen LogP contribution >= 0.6 is 0 Å². The molecule has 1 aromatic carbocycles. The normalized spacial score (nSPS) is 12.0. The third-order valence-electron chi connectivity index (χ3n) is 3.14. The Morgan fingerprint density at radius 2 is 1.67 bits per heavy atom. The van der Waals surface area contributed by atoms with Crippen LogP contribution in [0.4, 0.5) is 0 Å². The third kappa shape index (κ3) is 5.55. The van der Waals surface area contributed by atoms with Crippen molar-refractivity contribution < 1.29 is 14.3 Å². The van der Waals surface area contributed by atoms with Gasteiger partial charge in [-0.3, -0.25) is 9.59 Å². The topological polar surface area (TPSA) is 67.4 Å². The average molecular weight is 292 g/mol. The van der Waals surface area contributed by atoms with Gasteiger partial charge < -0.3 is 15.4 Å². The lowest BCUT2D eigenvalue weighted by atomic mass is 10.0. The lowest BCUT2D eigenvalue weighted by molar-refractivity contribution is -0.139. The Bertz CT molecular complexity index is 486. The first-order chi connectivity index (χ1) is 9.95. The molecule has 2 N–H and O–H groups in total. The number of hydrogen-bond donors (Lipinski definition) is 2. The highest BCUT2D eigenvalue weighted by molar-refractivity contribution is 6.35. The van der Waals surface area contributed by atoms with Crippen LogP contribution in [0.1, 0.15) is 31.1 Å². The fraction of sp³-hybridized carbons (Fsp3) is 0.500. The van der Waals surface area contributed by atoms with Crippen LogP contribution in [0, 0.1) is 12.8 Å². The standard InChI is InChI=1S/C16H24N2O3/c1-11(2)9-17-15(19)16(20)18-10-14(21-4)13-8-6-5-7-12(13)3/h5-8,11,14H,9-10H2,1-4H3,(H,17,19)(H,18,20)/t14-/m0/s1. The van der Waals surface area contributed by atoms with Crippen LogP contribution in [0.5, 0.6) is 0 Å². The molecule has 0 spiro atoms. The van der Waals surface area contributed by atoms with Gasteiger partial charge in [0.2, 0.25) is 0 Å². The quantitative estimate of drug-likeness (QED) is 0.782. The molecular weight excluding hydrogens is 268 g/mol. The molecule has 0 bridgehead atoms. The van der Waals surface area contributed by atoms with E-state index in [0.29, 0.717) is 12.5 Å². The highest BCUT2D eigenvalue weighted by atomic mass is 16.5. The van der Waals surface area contributed by atoms with Gasteiger partial charge in [0.15, 0.2) is 0 Å². The molecule has 21 heavy (non-hydrogen) atoms. The van der Waals surface area contributed by atoms with E-state index < -0.39 is 11.8 Å². The van der Waals surface area contributed by atoms with Gasteiger partial charge in [0.05, 0.1) is 6.10 Å². The predicted molar refractivity (Wildman–Crippen MR) is 81.8 cm³/mol. The molecule has 0 heterocycles. The maximum atomic E-state index is 11.7. The number of carbonyl (C=O) groups is 2. The summed E-state index contributed by atoms with van der Waals surface area (Å²) < 4.78 is 5.40. The molecule has 0 radical (unpaired) electrons. The van der Waals surface area contributed by atoms with Crippen molar-refractivity contribution in [2.45, 2.75) is 26.9 Å². The number of amides is 2. The van der Waals surface area contributed by atoms with E-state index in [2.05, 4.69) is 10.6 Å². The van der Waals surface area contributed by atoms with Crippen molar-refractivity contribution in [3.05, 3.63) is 35.4 Å². The van der Waals surface area contributed by atoms with Gasteiger partial charge in [-0.2, -0.15) is 0 Å². The summed E-state index contributed by atoms with van der Waals surface area (Å²) in [5.74, 6) is -0.935. The lowest BCUT2D eigenvalue weighted by Gasteiger charge is -2.18. The molecule has 5 heteroatoms. The zero-order valence-electron chi connectivity index (χ0n) is 13.1. The van der Waals surface area contributed by atoms with Gasteiger partial charge in [0.25, 0.3) is 0 Å². The van der Waals surface area contributed by atoms with Crippen LogP contribution in [-0.4, -0.2) is 32.0 Å². The molecule has 0 aromatic heterocycles. The zero-order valence-corrected chi connectivity index (χ0v) is 13.1. The molecule has 0 aliphatic heterocycles. The van der Waals surface area contributed by atoms with Crippen molar-refractivity contribution in [3.8, 4) is 0 Å². The number of hydrogen-bond acceptors (Lipinski definition) is 3. The van der Waals surface area contributed by atoms with Crippen LogP contribution in [0.25, 0.3) is 0 Å². The van der Waals surface area contributed by atoms with E-state index in [-0.39, 0.29) is 12.6 Å². The van der Waals surface area contributed by atoms with Gasteiger partial charge in [-0.05, 0) is 24.0 Å². The first-order valence-corrected chi connectivity index (χ1v) is 7.10. The summed E-state index contributed by atoms with van der Waals surface area (Å²) >= 11 is 0. The zero-order chi connectivity index (χ0) is 15.8. The van der Waals surface area contributed by atoms with Crippen LogP contribution in [0.2, 0.25) is 0 Å². The second kappa shape index (κ2) is 8.42. The number of benzene rings is 1. The molecule has 0 saturated carbocycles. The van der Waals surface area contributed by atoms with Gasteiger partial charge in [0.1, 0.15) is 0 Å². The minimum atomic E-state index is -0.633. The van der Waals surface area contributed by atoms with E-state index >= 15 is 0 Å². The first kappa shape index (κ1) is 17.2. The molecule has 2 amide bonds. The van der Waals surface area contributed by atoms with E-state index in [9.17, 15) is 9.59 Å². The molecule has 1 atom stereocenters. The monoisotopic (exact) mass is 292 g/mol. The van der Waals surface area contributed by atoms with E-state index in [1.807, 2.05) is 45.0 Å². The van der Waals surface area contributed by atoms with E-state index in [1.54, 1.807) is 7.11 Å². The van der Waals surface area contributed by atoms with Crippen molar-refractivity contribution in [3.63, 3.8) is 0 Å². The molecule has 0 aliphatic rings. The number of ether oxygens (including phenoxy) is 1. The van der Waals surface area contributed by atoms with E-state index in [0.717, 1.165) is 11.1 Å². The molecule has 116 valence electrons. The third-order valence-corrected chi connectivity index (χ3v) is 3.14. The summed E-state index contributed by atoms with van der Waals surface area (Å²) in [4.78, 5) is 23.3. The Hall–Kier alpha value is -1.88. The molecule has 0 saturated heterocycles. The number of nitrogens with one attached hydrogen (secondary N) is 2. The summed E-state index contributed by atoms with van der Waals surface area (Å²) in [6.45, 7) is 6.67. The minimum absolute atomic E-state index is 0.259. The van der Waals surface area contributed by atoms with Crippen molar-refractivity contribution in [2.24, 2.45) is 5.92 Å². The Labute approximate surface area is 126 Å². The Balaban J connectivity index is 2.54. The number of aryl methyl sites for hydroxylation is 1. The maximum Gasteiger partial charge on any atom is 0.309 e.